The average molecular weight is 367 g/mol. The summed E-state index contributed by atoms with van der Waals surface area (Å²) in [6.45, 7) is 0.931. The monoisotopic (exact) mass is 366 g/mol. The topological polar surface area (TPSA) is 88.3 Å². The number of aromatic nitrogens is 1. The molecule has 0 radical (unpaired) electrons. The molecule has 0 saturated carbocycles. The van der Waals surface area contributed by atoms with E-state index in [4.69, 9.17) is 5.73 Å². The van der Waals surface area contributed by atoms with Crippen LogP contribution >= 0.6 is 11.3 Å². The highest BCUT2D eigenvalue weighted by molar-refractivity contribution is 7.93. The van der Waals surface area contributed by atoms with E-state index in [2.05, 4.69) is 14.6 Å². The van der Waals surface area contributed by atoms with Gasteiger partial charge in [-0.15, -0.1) is 11.3 Å². The quantitative estimate of drug-likeness (QED) is 0.794. The second kappa shape index (κ2) is 6.70. The molecule has 0 aliphatic heterocycles. The van der Waals surface area contributed by atoms with Gasteiger partial charge in [-0.3, -0.25) is 4.72 Å². The first-order valence-corrected chi connectivity index (χ1v) is 10.2. The minimum absolute atomic E-state index is 0.190. The normalized spacial score (nSPS) is 17.7. The molecule has 1 atom stereocenters. The summed E-state index contributed by atoms with van der Waals surface area (Å²) in [4.78, 5) is 8.13. The van der Waals surface area contributed by atoms with Crippen LogP contribution in [0.4, 0.5) is 10.8 Å². The number of aryl methyl sites for hydroxylation is 1. The number of rotatable bonds is 5. The van der Waals surface area contributed by atoms with E-state index < -0.39 is 10.0 Å². The van der Waals surface area contributed by atoms with Crippen molar-refractivity contribution in [3.05, 3.63) is 34.8 Å². The van der Waals surface area contributed by atoms with Gasteiger partial charge in [0.1, 0.15) is 0 Å². The van der Waals surface area contributed by atoms with E-state index in [-0.39, 0.29) is 4.90 Å². The van der Waals surface area contributed by atoms with Gasteiger partial charge in [0.05, 0.1) is 10.6 Å². The highest BCUT2D eigenvalue weighted by atomic mass is 32.2. The van der Waals surface area contributed by atoms with Crippen molar-refractivity contribution in [3.8, 4) is 0 Å². The van der Waals surface area contributed by atoms with Crippen LogP contribution in [0, 0.1) is 0 Å². The number of hydrogen-bond donors (Lipinski definition) is 2. The number of hydrogen-bond acceptors (Lipinski definition) is 6. The maximum absolute atomic E-state index is 12.5. The summed E-state index contributed by atoms with van der Waals surface area (Å²) in [5.41, 5.74) is 7.20. The van der Waals surface area contributed by atoms with Gasteiger partial charge in [0, 0.05) is 23.0 Å². The lowest BCUT2D eigenvalue weighted by atomic mass is 9.91. The maximum Gasteiger partial charge on any atom is 0.263 e. The van der Waals surface area contributed by atoms with Gasteiger partial charge < -0.3 is 10.6 Å². The maximum atomic E-state index is 12.5. The van der Waals surface area contributed by atoms with Crippen molar-refractivity contribution in [2.75, 3.05) is 31.1 Å². The Morgan fingerprint density at radius 3 is 2.71 bits per heavy atom. The van der Waals surface area contributed by atoms with Crippen LogP contribution in [0.2, 0.25) is 0 Å². The van der Waals surface area contributed by atoms with E-state index in [1.54, 1.807) is 12.1 Å². The van der Waals surface area contributed by atoms with Crippen molar-refractivity contribution in [1.82, 2.24) is 9.88 Å². The number of sulfonamides is 1. The summed E-state index contributed by atoms with van der Waals surface area (Å²) in [6, 6.07) is 6.16. The Kier molecular flexibility index (Phi) is 4.80. The van der Waals surface area contributed by atoms with E-state index in [1.807, 2.05) is 14.1 Å². The zero-order valence-corrected chi connectivity index (χ0v) is 15.5. The number of benzene rings is 1. The van der Waals surface area contributed by atoms with E-state index in [0.717, 1.165) is 31.5 Å². The molecule has 2 aromatic rings. The average Bonchev–Trinajstić information content (AvgIpc) is 2.90. The smallest absolute Gasteiger partial charge is 0.263 e. The number of fused-ring (bicyclic) bond motifs is 1. The van der Waals surface area contributed by atoms with Crippen LogP contribution in [0.5, 0.6) is 0 Å². The van der Waals surface area contributed by atoms with Gasteiger partial charge in [-0.25, -0.2) is 13.4 Å². The molecule has 0 spiro atoms. The van der Waals surface area contributed by atoms with Crippen molar-refractivity contribution < 1.29 is 8.42 Å². The first-order chi connectivity index (χ1) is 11.3. The molecule has 1 aromatic carbocycles. The summed E-state index contributed by atoms with van der Waals surface area (Å²) in [5.74, 6) is 0.370. The SMILES string of the molecule is CN(C)CC1CCCc2sc(NS(=O)(=O)c3ccc(N)cc3)nc21. The molecule has 8 heteroatoms. The number of nitrogens with zero attached hydrogens (tertiary/aromatic N) is 2. The molecule has 1 heterocycles. The Hall–Kier alpha value is -1.64. The molecule has 130 valence electrons. The van der Waals surface area contributed by atoms with Gasteiger partial charge in [-0.05, 0) is 57.6 Å². The Labute approximate surface area is 146 Å². The molecular weight excluding hydrogens is 344 g/mol. The van der Waals surface area contributed by atoms with Crippen LogP contribution in [0.1, 0.15) is 29.3 Å². The molecule has 1 aromatic heterocycles. The lowest BCUT2D eigenvalue weighted by Gasteiger charge is -2.23. The van der Waals surface area contributed by atoms with Crippen molar-refractivity contribution in [3.63, 3.8) is 0 Å². The van der Waals surface area contributed by atoms with Crippen LogP contribution in [-0.4, -0.2) is 38.9 Å². The molecule has 1 aliphatic carbocycles. The fraction of sp³-hybridized carbons (Fsp3) is 0.438. The van der Waals surface area contributed by atoms with Gasteiger partial charge in [-0.1, -0.05) is 0 Å². The predicted molar refractivity (Wildman–Crippen MR) is 98.0 cm³/mol. The first-order valence-electron chi connectivity index (χ1n) is 7.88. The number of anilines is 2. The van der Waals surface area contributed by atoms with E-state index in [0.29, 0.717) is 16.7 Å². The van der Waals surface area contributed by atoms with Crippen molar-refractivity contribution in [2.24, 2.45) is 0 Å². The Morgan fingerprint density at radius 2 is 2.04 bits per heavy atom. The van der Waals surface area contributed by atoms with E-state index in [9.17, 15) is 8.42 Å². The van der Waals surface area contributed by atoms with Gasteiger partial charge in [-0.2, -0.15) is 0 Å². The number of likely N-dealkylation sites (N-methyl/N-ethyl adjacent to an activating group) is 1. The molecular formula is C16H22N4O2S2. The van der Waals surface area contributed by atoms with E-state index in [1.165, 1.54) is 28.3 Å². The Balaban J connectivity index is 1.84. The second-order valence-corrected chi connectivity index (χ2v) is 9.12. The van der Waals surface area contributed by atoms with Crippen molar-refractivity contribution >= 4 is 32.2 Å². The lowest BCUT2D eigenvalue weighted by Crippen LogP contribution is -2.23. The van der Waals surface area contributed by atoms with Crippen LogP contribution in [0.3, 0.4) is 0 Å². The highest BCUT2D eigenvalue weighted by Crippen LogP contribution is 2.37. The molecule has 0 bridgehead atoms. The molecule has 3 rings (SSSR count). The van der Waals surface area contributed by atoms with Crippen LogP contribution < -0.4 is 10.5 Å². The summed E-state index contributed by atoms with van der Waals surface area (Å²) in [6.07, 6.45) is 3.19. The first kappa shape index (κ1) is 17.2. The van der Waals surface area contributed by atoms with Gasteiger partial charge in [0.2, 0.25) is 0 Å². The number of thiazole rings is 1. The summed E-state index contributed by atoms with van der Waals surface area (Å²) >= 11 is 1.45. The van der Waals surface area contributed by atoms with Gasteiger partial charge in [0.25, 0.3) is 10.0 Å². The van der Waals surface area contributed by atoms with E-state index >= 15 is 0 Å². The minimum atomic E-state index is -3.64. The van der Waals surface area contributed by atoms with Crippen LogP contribution in [-0.2, 0) is 16.4 Å². The third-order valence-corrected chi connectivity index (χ3v) is 6.60. The zero-order chi connectivity index (χ0) is 17.3. The van der Waals surface area contributed by atoms with Crippen LogP contribution in [0.15, 0.2) is 29.2 Å². The molecule has 6 nitrogen and oxygen atoms in total. The fourth-order valence-corrected chi connectivity index (χ4v) is 5.31. The molecule has 1 unspecified atom stereocenters. The molecule has 0 saturated heterocycles. The van der Waals surface area contributed by atoms with Crippen molar-refractivity contribution in [2.45, 2.75) is 30.1 Å². The van der Waals surface area contributed by atoms with Crippen molar-refractivity contribution in [1.29, 1.82) is 0 Å². The third-order valence-electron chi connectivity index (χ3n) is 4.07. The predicted octanol–water partition coefficient (Wildman–Crippen LogP) is 2.51. The molecule has 0 amide bonds. The lowest BCUT2D eigenvalue weighted by molar-refractivity contribution is 0.350. The Bertz CT molecular complexity index is 813. The standard InChI is InChI=1S/C16H22N4O2S2/c1-20(2)10-11-4-3-5-14-15(11)18-16(23-14)19-24(21,22)13-8-6-12(17)7-9-13/h6-9,11H,3-5,10,17H2,1-2H3,(H,18,19). The van der Waals surface area contributed by atoms with Gasteiger partial charge in [0.15, 0.2) is 5.13 Å². The highest BCUT2D eigenvalue weighted by Gasteiger charge is 2.26. The largest absolute Gasteiger partial charge is 0.399 e. The van der Waals surface area contributed by atoms with Crippen LogP contribution in [0.25, 0.3) is 0 Å². The zero-order valence-electron chi connectivity index (χ0n) is 13.8. The summed E-state index contributed by atoms with van der Waals surface area (Å²) < 4.78 is 27.6. The summed E-state index contributed by atoms with van der Waals surface area (Å²) in [7, 11) is 0.456. The molecule has 24 heavy (non-hydrogen) atoms. The minimum Gasteiger partial charge on any atom is -0.399 e. The number of nitrogens with one attached hydrogen (secondary N) is 1. The number of nitrogen functional groups attached to an aromatic ring is 1. The Morgan fingerprint density at radius 1 is 1.33 bits per heavy atom. The summed E-state index contributed by atoms with van der Waals surface area (Å²) in [5, 5.41) is 0.447. The second-order valence-electron chi connectivity index (χ2n) is 6.35. The molecule has 0 fully saturated rings. The number of nitrogens with two attached hydrogens (primary N) is 1. The third kappa shape index (κ3) is 3.71. The molecule has 3 N–H and O–H groups in total. The van der Waals surface area contributed by atoms with Gasteiger partial charge >= 0.3 is 0 Å². The molecule has 1 aliphatic rings. The fourth-order valence-electron chi connectivity index (χ4n) is 2.99.